The fraction of sp³-hybridized carbons (Fsp3) is 0.200. The van der Waals surface area contributed by atoms with Gasteiger partial charge in [0.25, 0.3) is 0 Å². The van der Waals surface area contributed by atoms with E-state index < -0.39 is 5.82 Å². The molecule has 0 aliphatic rings. The van der Waals surface area contributed by atoms with Gasteiger partial charge in [-0.25, -0.2) is 4.39 Å². The van der Waals surface area contributed by atoms with Crippen LogP contribution in [0.3, 0.4) is 0 Å². The van der Waals surface area contributed by atoms with Crippen LogP contribution in [0.2, 0.25) is 0 Å². The van der Waals surface area contributed by atoms with E-state index in [1.54, 1.807) is 25.3 Å². The number of nitrogen functional groups attached to an aromatic ring is 1. The molecule has 0 heterocycles. The molecule has 0 aromatic heterocycles. The summed E-state index contributed by atoms with van der Waals surface area (Å²) < 4.78 is 29.5. The first-order chi connectivity index (χ1) is 9.60. The quantitative estimate of drug-likeness (QED) is 0.872. The first-order valence-corrected chi connectivity index (χ1v) is 5.96. The number of hydrogen-bond donors (Lipinski definition) is 1. The molecule has 0 aliphatic heterocycles. The minimum absolute atomic E-state index is 0.0974. The molecular weight excluding hydrogens is 261 g/mol. The number of halogens is 1. The van der Waals surface area contributed by atoms with Gasteiger partial charge in [-0.05, 0) is 17.7 Å². The summed E-state index contributed by atoms with van der Waals surface area (Å²) >= 11 is 0. The molecule has 0 unspecified atom stereocenters. The predicted octanol–water partition coefficient (Wildman–Crippen LogP) is 3.10. The molecule has 2 aromatic rings. The van der Waals surface area contributed by atoms with Gasteiger partial charge in [0.05, 0.1) is 32.6 Å². The van der Waals surface area contributed by atoms with E-state index in [-0.39, 0.29) is 5.69 Å². The maximum Gasteiger partial charge on any atom is 0.146 e. The van der Waals surface area contributed by atoms with Gasteiger partial charge in [-0.2, -0.15) is 0 Å². The van der Waals surface area contributed by atoms with Gasteiger partial charge < -0.3 is 19.9 Å². The molecule has 0 bridgehead atoms. The molecule has 0 aliphatic carbocycles. The average Bonchev–Trinajstić information content (AvgIpc) is 2.48. The molecule has 0 saturated carbocycles. The van der Waals surface area contributed by atoms with E-state index >= 15 is 0 Å². The standard InChI is InChI=1S/C15H16FNO3/c1-18-10-7-13(19-2)15(14(8-10)20-3)9-4-5-12(17)11(16)6-9/h4-8H,17H2,1-3H3. The number of anilines is 1. The lowest BCUT2D eigenvalue weighted by Crippen LogP contribution is -1.96. The molecule has 4 nitrogen and oxygen atoms in total. The molecule has 0 spiro atoms. The Morgan fingerprint density at radius 3 is 1.95 bits per heavy atom. The van der Waals surface area contributed by atoms with Crippen molar-refractivity contribution in [1.29, 1.82) is 0 Å². The van der Waals surface area contributed by atoms with E-state index in [0.717, 1.165) is 0 Å². The van der Waals surface area contributed by atoms with Crippen molar-refractivity contribution in [3.05, 3.63) is 36.1 Å². The smallest absolute Gasteiger partial charge is 0.146 e. The van der Waals surface area contributed by atoms with Gasteiger partial charge in [-0.15, -0.1) is 0 Å². The normalized spacial score (nSPS) is 10.2. The molecule has 2 N–H and O–H groups in total. The SMILES string of the molecule is COc1cc(OC)c(-c2ccc(N)c(F)c2)c(OC)c1. The first-order valence-electron chi connectivity index (χ1n) is 5.96. The maximum atomic E-state index is 13.7. The van der Waals surface area contributed by atoms with E-state index in [1.807, 2.05) is 0 Å². The third-order valence-corrected chi connectivity index (χ3v) is 3.00. The van der Waals surface area contributed by atoms with Crippen molar-refractivity contribution < 1.29 is 18.6 Å². The van der Waals surface area contributed by atoms with Crippen LogP contribution in [0, 0.1) is 5.82 Å². The van der Waals surface area contributed by atoms with Crippen LogP contribution in [0.4, 0.5) is 10.1 Å². The highest BCUT2D eigenvalue weighted by atomic mass is 19.1. The molecule has 2 aromatic carbocycles. The van der Waals surface area contributed by atoms with Crippen molar-refractivity contribution in [3.63, 3.8) is 0 Å². The van der Waals surface area contributed by atoms with Crippen molar-refractivity contribution in [2.45, 2.75) is 0 Å². The van der Waals surface area contributed by atoms with Crippen molar-refractivity contribution in [3.8, 4) is 28.4 Å². The Labute approximate surface area is 116 Å². The zero-order valence-corrected chi connectivity index (χ0v) is 11.6. The summed E-state index contributed by atoms with van der Waals surface area (Å²) in [5.41, 5.74) is 6.86. The van der Waals surface area contributed by atoms with E-state index in [1.165, 1.54) is 26.4 Å². The molecule has 0 atom stereocenters. The van der Waals surface area contributed by atoms with Crippen LogP contribution in [0.15, 0.2) is 30.3 Å². The van der Waals surface area contributed by atoms with Crippen molar-refractivity contribution in [2.24, 2.45) is 0 Å². The van der Waals surface area contributed by atoms with Crippen molar-refractivity contribution in [1.82, 2.24) is 0 Å². The fourth-order valence-electron chi connectivity index (χ4n) is 1.97. The summed E-state index contributed by atoms with van der Waals surface area (Å²) in [6, 6.07) is 8.00. The Morgan fingerprint density at radius 1 is 0.900 bits per heavy atom. The Bertz CT molecular complexity index is 604. The molecule has 106 valence electrons. The Morgan fingerprint density at radius 2 is 1.50 bits per heavy atom. The highest BCUT2D eigenvalue weighted by molar-refractivity contribution is 5.79. The lowest BCUT2D eigenvalue weighted by Gasteiger charge is -2.15. The number of rotatable bonds is 4. The van der Waals surface area contributed by atoms with Crippen molar-refractivity contribution >= 4 is 5.69 Å². The van der Waals surface area contributed by atoms with Crippen LogP contribution >= 0.6 is 0 Å². The Balaban J connectivity index is 2.67. The summed E-state index contributed by atoms with van der Waals surface area (Å²) in [6.45, 7) is 0. The molecule has 5 heteroatoms. The van der Waals surface area contributed by atoms with Gasteiger partial charge in [0.15, 0.2) is 0 Å². The van der Waals surface area contributed by atoms with Gasteiger partial charge in [0, 0.05) is 12.1 Å². The van der Waals surface area contributed by atoms with Crippen molar-refractivity contribution in [2.75, 3.05) is 27.1 Å². The van der Waals surface area contributed by atoms with Gasteiger partial charge in [0.1, 0.15) is 23.1 Å². The second kappa shape index (κ2) is 5.69. The monoisotopic (exact) mass is 277 g/mol. The molecule has 20 heavy (non-hydrogen) atoms. The fourth-order valence-corrected chi connectivity index (χ4v) is 1.97. The second-order valence-electron chi connectivity index (χ2n) is 4.14. The van der Waals surface area contributed by atoms with Crippen LogP contribution in [-0.2, 0) is 0 Å². The molecule has 0 amide bonds. The van der Waals surface area contributed by atoms with Gasteiger partial charge in [-0.3, -0.25) is 0 Å². The summed E-state index contributed by atoms with van der Waals surface area (Å²) in [7, 11) is 4.62. The highest BCUT2D eigenvalue weighted by Gasteiger charge is 2.16. The summed E-state index contributed by atoms with van der Waals surface area (Å²) in [6.07, 6.45) is 0. The van der Waals surface area contributed by atoms with E-state index in [4.69, 9.17) is 19.9 Å². The first kappa shape index (κ1) is 14.0. The average molecular weight is 277 g/mol. The van der Waals surface area contributed by atoms with E-state index in [0.29, 0.717) is 28.4 Å². The zero-order chi connectivity index (χ0) is 14.7. The van der Waals surface area contributed by atoms with Crippen LogP contribution < -0.4 is 19.9 Å². The van der Waals surface area contributed by atoms with E-state index in [9.17, 15) is 4.39 Å². The summed E-state index contributed by atoms with van der Waals surface area (Å²) in [5, 5.41) is 0. The summed E-state index contributed by atoms with van der Waals surface area (Å²) in [4.78, 5) is 0. The topological polar surface area (TPSA) is 53.7 Å². The van der Waals surface area contributed by atoms with Crippen LogP contribution in [-0.4, -0.2) is 21.3 Å². The lowest BCUT2D eigenvalue weighted by atomic mass is 10.0. The van der Waals surface area contributed by atoms with Crippen LogP contribution in [0.1, 0.15) is 0 Å². The third kappa shape index (κ3) is 2.47. The Hall–Kier alpha value is -2.43. The molecular formula is C15H16FNO3. The van der Waals surface area contributed by atoms with Crippen LogP contribution in [0.5, 0.6) is 17.2 Å². The molecule has 2 rings (SSSR count). The number of methoxy groups -OCH3 is 3. The molecule has 0 radical (unpaired) electrons. The minimum atomic E-state index is -0.484. The van der Waals surface area contributed by atoms with Gasteiger partial charge in [-0.1, -0.05) is 6.07 Å². The number of nitrogens with two attached hydrogens (primary N) is 1. The second-order valence-corrected chi connectivity index (χ2v) is 4.14. The molecule has 0 saturated heterocycles. The molecule has 0 fully saturated rings. The van der Waals surface area contributed by atoms with E-state index in [2.05, 4.69) is 0 Å². The maximum absolute atomic E-state index is 13.7. The predicted molar refractivity (Wildman–Crippen MR) is 75.9 cm³/mol. The zero-order valence-electron chi connectivity index (χ0n) is 11.6. The highest BCUT2D eigenvalue weighted by Crippen LogP contribution is 2.42. The summed E-state index contributed by atoms with van der Waals surface area (Å²) in [5.74, 6) is 1.18. The third-order valence-electron chi connectivity index (χ3n) is 3.00. The minimum Gasteiger partial charge on any atom is -0.496 e. The number of ether oxygens (including phenoxy) is 3. The largest absolute Gasteiger partial charge is 0.496 e. The van der Waals surface area contributed by atoms with Crippen LogP contribution in [0.25, 0.3) is 11.1 Å². The number of benzene rings is 2. The number of hydrogen-bond acceptors (Lipinski definition) is 4. The Kier molecular flexibility index (Phi) is 3.98. The van der Waals surface area contributed by atoms with Gasteiger partial charge in [0.2, 0.25) is 0 Å². The van der Waals surface area contributed by atoms with Gasteiger partial charge >= 0.3 is 0 Å². The lowest BCUT2D eigenvalue weighted by molar-refractivity contribution is 0.377.